The fourth-order valence-corrected chi connectivity index (χ4v) is 5.38. The summed E-state index contributed by atoms with van der Waals surface area (Å²) in [7, 11) is 1.65. The highest BCUT2D eigenvalue weighted by Gasteiger charge is 2.62. The molecule has 6 heteroatoms. The summed E-state index contributed by atoms with van der Waals surface area (Å²) < 4.78 is 17.5. The van der Waals surface area contributed by atoms with E-state index in [1.165, 1.54) is 12.5 Å². The summed E-state index contributed by atoms with van der Waals surface area (Å²) in [4.78, 5) is 25.8. The molecule has 6 nitrogen and oxygen atoms in total. The molecule has 1 fully saturated rings. The predicted octanol–water partition coefficient (Wildman–Crippen LogP) is 2.26. The number of carbonyl (C=O) groups excluding carboxylic acids is 2. The Morgan fingerprint density at radius 3 is 2.78 bits per heavy atom. The number of ether oxygens (including phenoxy) is 3. The molecule has 140 valence electrons. The number of hydrogen-bond acceptors (Lipinski definition) is 5. The molecule has 3 atom stereocenters. The molecule has 2 aliphatic carbocycles. The summed E-state index contributed by atoms with van der Waals surface area (Å²) in [5, 5.41) is 0. The number of esters is 1. The number of carbonyl (C=O) groups is 2. The maximum Gasteiger partial charge on any atom is 0.308 e. The first-order valence-corrected chi connectivity index (χ1v) is 9.22. The molecule has 1 saturated heterocycles. The van der Waals surface area contributed by atoms with Gasteiger partial charge in [0, 0.05) is 26.0 Å². The molecule has 0 aromatic heterocycles. The molecule has 4 aliphatic rings. The van der Waals surface area contributed by atoms with Crippen LogP contribution in [0.1, 0.15) is 31.4 Å². The van der Waals surface area contributed by atoms with E-state index >= 15 is 0 Å². The van der Waals surface area contributed by atoms with Crippen LogP contribution in [-0.4, -0.2) is 42.6 Å². The normalized spacial score (nSPS) is 29.2. The van der Waals surface area contributed by atoms with Gasteiger partial charge in [-0.2, -0.15) is 0 Å². The third-order valence-corrected chi connectivity index (χ3v) is 6.33. The fourth-order valence-electron chi connectivity index (χ4n) is 5.38. The average molecular weight is 367 g/mol. The van der Waals surface area contributed by atoms with Crippen LogP contribution < -0.4 is 9.47 Å². The average Bonchev–Trinajstić information content (AvgIpc) is 2.96. The van der Waals surface area contributed by atoms with Crippen LogP contribution in [0, 0.1) is 0 Å². The summed E-state index contributed by atoms with van der Waals surface area (Å²) in [6.45, 7) is 3.69. The van der Waals surface area contributed by atoms with E-state index in [2.05, 4.69) is 6.08 Å². The summed E-state index contributed by atoms with van der Waals surface area (Å²) in [6, 6.07) is 3.82. The van der Waals surface area contributed by atoms with Gasteiger partial charge in [0.2, 0.25) is 5.91 Å². The van der Waals surface area contributed by atoms with Gasteiger partial charge in [0.15, 0.2) is 17.6 Å². The first-order valence-electron chi connectivity index (χ1n) is 9.22. The summed E-state index contributed by atoms with van der Waals surface area (Å²) in [6.07, 6.45) is 5.22. The number of methoxy groups -OCH3 is 1. The van der Waals surface area contributed by atoms with Crippen molar-refractivity contribution < 1.29 is 23.8 Å². The third-order valence-electron chi connectivity index (χ3n) is 6.33. The van der Waals surface area contributed by atoms with Crippen molar-refractivity contribution in [2.75, 3.05) is 13.7 Å². The minimum atomic E-state index is -0.375. The van der Waals surface area contributed by atoms with E-state index in [0.29, 0.717) is 18.0 Å². The summed E-state index contributed by atoms with van der Waals surface area (Å²) >= 11 is 0. The predicted molar refractivity (Wildman–Crippen MR) is 96.5 cm³/mol. The molecule has 0 radical (unpaired) electrons. The molecule has 2 aliphatic heterocycles. The lowest BCUT2D eigenvalue weighted by Gasteiger charge is -2.53. The van der Waals surface area contributed by atoms with Crippen LogP contribution in [0.2, 0.25) is 0 Å². The van der Waals surface area contributed by atoms with E-state index < -0.39 is 0 Å². The number of rotatable bonds is 2. The number of allylic oxidation sites excluding steroid dienone is 2. The van der Waals surface area contributed by atoms with Crippen molar-refractivity contribution in [3.05, 3.63) is 46.7 Å². The van der Waals surface area contributed by atoms with Crippen LogP contribution in [0.4, 0.5) is 0 Å². The number of nitrogens with zero attached hydrogens (tertiary/aromatic N) is 1. The first kappa shape index (κ1) is 16.4. The fraction of sp³-hybridized carbons (Fsp3) is 0.429. The van der Waals surface area contributed by atoms with E-state index in [9.17, 15) is 9.59 Å². The monoisotopic (exact) mass is 367 g/mol. The Kier molecular flexibility index (Phi) is 3.27. The van der Waals surface area contributed by atoms with Gasteiger partial charge in [-0.3, -0.25) is 9.59 Å². The lowest BCUT2D eigenvalue weighted by Crippen LogP contribution is -2.60. The number of piperidine rings is 1. The van der Waals surface area contributed by atoms with Gasteiger partial charge in [-0.05, 0) is 36.1 Å². The van der Waals surface area contributed by atoms with Crippen molar-refractivity contribution in [2.24, 2.45) is 0 Å². The smallest absolute Gasteiger partial charge is 0.308 e. The zero-order valence-electron chi connectivity index (χ0n) is 15.6. The van der Waals surface area contributed by atoms with Crippen molar-refractivity contribution in [1.82, 2.24) is 4.90 Å². The number of likely N-dealkylation sites (tertiary alicyclic amines) is 1. The van der Waals surface area contributed by atoms with Crippen LogP contribution in [0.5, 0.6) is 11.5 Å². The molecule has 2 bridgehead atoms. The van der Waals surface area contributed by atoms with Crippen LogP contribution in [0.15, 0.2) is 35.6 Å². The van der Waals surface area contributed by atoms with Gasteiger partial charge >= 0.3 is 5.97 Å². The van der Waals surface area contributed by atoms with Crippen molar-refractivity contribution in [2.45, 2.75) is 44.2 Å². The standard InChI is InChI=1S/C21H21NO5/c1-11(23)22-9-8-21-14-5-7-17(25-3)20(21)27-19-16(26-12(2)24)6-4-13(18(19)21)10-15(14)22/h4-7,15,20H,8-10H2,1-3H3/t15-,20+,21+/m1/s1. The Labute approximate surface area is 157 Å². The van der Waals surface area contributed by atoms with Crippen LogP contribution >= 0.6 is 0 Å². The lowest BCUT2D eigenvalue weighted by atomic mass is 9.57. The molecular formula is C21H21NO5. The van der Waals surface area contributed by atoms with E-state index in [1.54, 1.807) is 20.1 Å². The van der Waals surface area contributed by atoms with Gasteiger partial charge in [0.05, 0.1) is 18.6 Å². The van der Waals surface area contributed by atoms with Crippen molar-refractivity contribution in [1.29, 1.82) is 0 Å². The Hall–Kier alpha value is -2.76. The quantitative estimate of drug-likeness (QED) is 0.593. The van der Waals surface area contributed by atoms with Crippen LogP contribution in [0.3, 0.4) is 0 Å². The summed E-state index contributed by atoms with van der Waals surface area (Å²) in [5.74, 6) is 1.56. The van der Waals surface area contributed by atoms with Gasteiger partial charge < -0.3 is 19.1 Å². The van der Waals surface area contributed by atoms with Crippen LogP contribution in [0.25, 0.3) is 0 Å². The zero-order valence-corrected chi connectivity index (χ0v) is 15.6. The summed E-state index contributed by atoms with van der Waals surface area (Å²) in [5.41, 5.74) is 3.07. The van der Waals surface area contributed by atoms with Gasteiger partial charge in [-0.15, -0.1) is 0 Å². The second kappa shape index (κ2) is 5.38. The van der Waals surface area contributed by atoms with Gasteiger partial charge in [-0.1, -0.05) is 12.1 Å². The number of amides is 1. The second-order valence-electron chi connectivity index (χ2n) is 7.57. The molecule has 2 heterocycles. The van der Waals surface area contributed by atoms with Crippen molar-refractivity contribution >= 4 is 11.9 Å². The molecule has 1 spiro atoms. The van der Waals surface area contributed by atoms with E-state index in [0.717, 1.165) is 29.7 Å². The van der Waals surface area contributed by atoms with Crippen LogP contribution in [-0.2, 0) is 26.2 Å². The van der Waals surface area contributed by atoms with Gasteiger partial charge in [-0.25, -0.2) is 0 Å². The lowest BCUT2D eigenvalue weighted by molar-refractivity contribution is -0.133. The molecule has 0 N–H and O–H groups in total. The highest BCUT2D eigenvalue weighted by atomic mass is 16.6. The van der Waals surface area contributed by atoms with Crippen molar-refractivity contribution in [3.8, 4) is 11.5 Å². The Morgan fingerprint density at radius 2 is 2.07 bits per heavy atom. The van der Waals surface area contributed by atoms with E-state index in [4.69, 9.17) is 14.2 Å². The van der Waals surface area contributed by atoms with Gasteiger partial charge in [0.25, 0.3) is 0 Å². The Balaban J connectivity index is 1.76. The molecular weight excluding hydrogens is 346 g/mol. The molecule has 0 unspecified atom stereocenters. The molecule has 1 aromatic carbocycles. The Bertz CT molecular complexity index is 946. The van der Waals surface area contributed by atoms with Gasteiger partial charge in [0.1, 0.15) is 5.76 Å². The minimum Gasteiger partial charge on any atom is -0.497 e. The number of hydrogen-bond donors (Lipinski definition) is 0. The van der Waals surface area contributed by atoms with Crippen molar-refractivity contribution in [3.63, 3.8) is 0 Å². The molecule has 1 amide bonds. The van der Waals surface area contributed by atoms with E-state index in [1.807, 2.05) is 17.0 Å². The molecule has 1 aromatic rings. The highest BCUT2D eigenvalue weighted by molar-refractivity contribution is 5.78. The maximum absolute atomic E-state index is 12.2. The van der Waals surface area contributed by atoms with E-state index in [-0.39, 0.29) is 29.4 Å². The minimum absolute atomic E-state index is 0.0232. The first-order chi connectivity index (χ1) is 13.0. The third kappa shape index (κ3) is 1.95. The molecule has 5 rings (SSSR count). The number of benzene rings is 1. The zero-order chi connectivity index (χ0) is 18.9. The molecule has 0 saturated carbocycles. The maximum atomic E-state index is 12.2. The highest BCUT2D eigenvalue weighted by Crippen LogP contribution is 2.62. The largest absolute Gasteiger partial charge is 0.497 e. The second-order valence-corrected chi connectivity index (χ2v) is 7.57. The topological polar surface area (TPSA) is 65.1 Å². The Morgan fingerprint density at radius 1 is 1.26 bits per heavy atom. The molecule has 27 heavy (non-hydrogen) atoms. The SMILES string of the molecule is COC1=CC=C2[C@H]3Cc4ccc(OC(C)=O)c5c4[C@@]2(CCN3C(C)=O)[C@H]1O5.